The van der Waals surface area contributed by atoms with Crippen molar-refractivity contribution in [3.8, 4) is 0 Å². The summed E-state index contributed by atoms with van der Waals surface area (Å²) in [6.45, 7) is 7.85. The molecule has 14 heavy (non-hydrogen) atoms. The highest BCUT2D eigenvalue weighted by molar-refractivity contribution is 4.85. The van der Waals surface area contributed by atoms with Gasteiger partial charge >= 0.3 is 0 Å². The van der Waals surface area contributed by atoms with Crippen LogP contribution in [0, 0.1) is 11.8 Å². The average Bonchev–Trinajstić information content (AvgIpc) is 2.72. The molecule has 0 aromatic carbocycles. The lowest BCUT2D eigenvalue weighted by Crippen LogP contribution is -2.38. The van der Waals surface area contributed by atoms with Crippen molar-refractivity contribution >= 4 is 0 Å². The van der Waals surface area contributed by atoms with Gasteiger partial charge in [0, 0.05) is 32.3 Å². The molecule has 0 amide bonds. The summed E-state index contributed by atoms with van der Waals surface area (Å²) in [4.78, 5) is 2.41. The topological polar surface area (TPSA) is 24.5 Å². The second-order valence-corrected chi connectivity index (χ2v) is 4.94. The zero-order valence-corrected chi connectivity index (χ0v) is 9.33. The van der Waals surface area contributed by atoms with Gasteiger partial charge in [0.25, 0.3) is 0 Å². The molecule has 82 valence electrons. The Morgan fingerprint density at radius 2 is 2.29 bits per heavy atom. The van der Waals surface area contributed by atoms with Gasteiger partial charge in [0.2, 0.25) is 0 Å². The van der Waals surface area contributed by atoms with E-state index in [4.69, 9.17) is 4.74 Å². The number of nitrogens with zero attached hydrogens (tertiary/aromatic N) is 1. The van der Waals surface area contributed by atoms with Gasteiger partial charge < -0.3 is 15.0 Å². The molecule has 0 aromatic heterocycles. The third kappa shape index (κ3) is 2.47. The van der Waals surface area contributed by atoms with Crippen molar-refractivity contribution in [2.24, 2.45) is 11.8 Å². The zero-order valence-electron chi connectivity index (χ0n) is 9.33. The summed E-state index contributed by atoms with van der Waals surface area (Å²) in [6.07, 6.45) is 1.24. The molecule has 0 aromatic rings. The van der Waals surface area contributed by atoms with Crippen LogP contribution in [0.5, 0.6) is 0 Å². The fourth-order valence-corrected chi connectivity index (χ4v) is 2.54. The molecule has 0 saturated carbocycles. The number of likely N-dealkylation sites (tertiary alicyclic amines) is 1. The maximum atomic E-state index is 5.37. The van der Waals surface area contributed by atoms with Crippen LogP contribution in [0.2, 0.25) is 0 Å². The van der Waals surface area contributed by atoms with Crippen molar-refractivity contribution in [2.75, 3.05) is 39.9 Å². The maximum absolute atomic E-state index is 5.37. The van der Waals surface area contributed by atoms with E-state index < -0.39 is 0 Å². The molecule has 2 saturated heterocycles. The molecule has 3 heteroatoms. The van der Waals surface area contributed by atoms with Crippen LogP contribution < -0.4 is 5.32 Å². The molecule has 3 nitrogen and oxygen atoms in total. The maximum Gasteiger partial charge on any atom is 0.0507 e. The van der Waals surface area contributed by atoms with Gasteiger partial charge in [-0.1, -0.05) is 6.92 Å². The first-order valence-corrected chi connectivity index (χ1v) is 5.75. The molecule has 2 aliphatic heterocycles. The minimum absolute atomic E-state index is 0.695. The van der Waals surface area contributed by atoms with Crippen molar-refractivity contribution < 1.29 is 4.74 Å². The Kier molecular flexibility index (Phi) is 3.42. The molecule has 3 unspecified atom stereocenters. The normalized spacial score (nSPS) is 39.4. The van der Waals surface area contributed by atoms with E-state index in [0.717, 1.165) is 31.6 Å². The second-order valence-electron chi connectivity index (χ2n) is 4.94. The molecule has 2 aliphatic rings. The molecule has 2 heterocycles. The zero-order chi connectivity index (χ0) is 9.97. The molecule has 0 aliphatic carbocycles. The smallest absolute Gasteiger partial charge is 0.0507 e. The van der Waals surface area contributed by atoms with Crippen molar-refractivity contribution in [3.05, 3.63) is 0 Å². The number of hydrogen-bond donors (Lipinski definition) is 1. The van der Waals surface area contributed by atoms with E-state index in [1.807, 2.05) is 0 Å². The molecule has 1 N–H and O–H groups in total. The minimum atomic E-state index is 0.695. The van der Waals surface area contributed by atoms with E-state index in [1.54, 1.807) is 0 Å². The van der Waals surface area contributed by atoms with Crippen LogP contribution in [-0.2, 0) is 4.74 Å². The van der Waals surface area contributed by atoms with Crippen LogP contribution in [0.25, 0.3) is 0 Å². The first kappa shape index (κ1) is 10.4. The van der Waals surface area contributed by atoms with E-state index in [1.165, 1.54) is 19.5 Å². The first-order chi connectivity index (χ1) is 6.75. The summed E-state index contributed by atoms with van der Waals surface area (Å²) >= 11 is 0. The van der Waals surface area contributed by atoms with Crippen LogP contribution in [0.4, 0.5) is 0 Å². The average molecular weight is 198 g/mol. The van der Waals surface area contributed by atoms with Crippen molar-refractivity contribution in [2.45, 2.75) is 19.4 Å². The van der Waals surface area contributed by atoms with Crippen LogP contribution in [0.15, 0.2) is 0 Å². The molecule has 0 bridgehead atoms. The highest BCUT2D eigenvalue weighted by Gasteiger charge is 2.27. The SMILES string of the molecule is CC1CN(C)CC1NCC1CCOC1. The Bertz CT molecular complexity index is 180. The van der Waals surface area contributed by atoms with Crippen LogP contribution in [0.1, 0.15) is 13.3 Å². The van der Waals surface area contributed by atoms with Gasteiger partial charge in [-0.3, -0.25) is 0 Å². The highest BCUT2D eigenvalue weighted by Crippen LogP contribution is 2.16. The Morgan fingerprint density at radius 1 is 1.43 bits per heavy atom. The van der Waals surface area contributed by atoms with Gasteiger partial charge in [0.05, 0.1) is 6.61 Å². The number of nitrogens with one attached hydrogen (secondary N) is 1. The Hall–Kier alpha value is -0.120. The fourth-order valence-electron chi connectivity index (χ4n) is 2.54. The summed E-state index contributed by atoms with van der Waals surface area (Å²) in [5.74, 6) is 1.55. The van der Waals surface area contributed by atoms with Gasteiger partial charge in [-0.2, -0.15) is 0 Å². The Morgan fingerprint density at radius 3 is 2.86 bits per heavy atom. The molecule has 3 atom stereocenters. The Balaban J connectivity index is 1.69. The van der Waals surface area contributed by atoms with Crippen LogP contribution in [-0.4, -0.2) is 50.8 Å². The van der Waals surface area contributed by atoms with Crippen molar-refractivity contribution in [3.63, 3.8) is 0 Å². The lowest BCUT2D eigenvalue weighted by atomic mass is 10.0. The standard InChI is InChI=1S/C11H22N2O/c1-9-6-13(2)7-11(9)12-5-10-3-4-14-8-10/h9-12H,3-8H2,1-2H3. The second kappa shape index (κ2) is 4.60. The number of likely N-dealkylation sites (N-methyl/N-ethyl adjacent to an activating group) is 1. The van der Waals surface area contributed by atoms with Gasteiger partial charge in [-0.25, -0.2) is 0 Å². The van der Waals surface area contributed by atoms with Gasteiger partial charge in [0.1, 0.15) is 0 Å². The van der Waals surface area contributed by atoms with Gasteiger partial charge in [-0.05, 0) is 25.3 Å². The predicted molar refractivity (Wildman–Crippen MR) is 57.4 cm³/mol. The Labute approximate surface area is 86.8 Å². The molecule has 2 rings (SSSR count). The van der Waals surface area contributed by atoms with E-state index >= 15 is 0 Å². The van der Waals surface area contributed by atoms with Crippen molar-refractivity contribution in [1.82, 2.24) is 10.2 Å². The highest BCUT2D eigenvalue weighted by atomic mass is 16.5. The molecular weight excluding hydrogens is 176 g/mol. The monoisotopic (exact) mass is 198 g/mol. The van der Waals surface area contributed by atoms with Crippen molar-refractivity contribution in [1.29, 1.82) is 0 Å². The summed E-state index contributed by atoms with van der Waals surface area (Å²) in [7, 11) is 2.21. The molecule has 0 spiro atoms. The number of rotatable bonds is 3. The minimum Gasteiger partial charge on any atom is -0.381 e. The lowest BCUT2D eigenvalue weighted by Gasteiger charge is -2.18. The van der Waals surface area contributed by atoms with E-state index in [9.17, 15) is 0 Å². The van der Waals surface area contributed by atoms with E-state index in [-0.39, 0.29) is 0 Å². The molecule has 2 fully saturated rings. The first-order valence-electron chi connectivity index (χ1n) is 5.75. The summed E-state index contributed by atoms with van der Waals surface area (Å²) in [5.41, 5.74) is 0. The summed E-state index contributed by atoms with van der Waals surface area (Å²) < 4.78 is 5.37. The number of hydrogen-bond acceptors (Lipinski definition) is 3. The molecular formula is C11H22N2O. The molecule has 0 radical (unpaired) electrons. The predicted octanol–water partition coefficient (Wildman–Crippen LogP) is 0.563. The van der Waals surface area contributed by atoms with Crippen LogP contribution >= 0.6 is 0 Å². The largest absolute Gasteiger partial charge is 0.381 e. The van der Waals surface area contributed by atoms with E-state index in [2.05, 4.69) is 24.2 Å². The van der Waals surface area contributed by atoms with Gasteiger partial charge in [-0.15, -0.1) is 0 Å². The number of ether oxygens (including phenoxy) is 1. The van der Waals surface area contributed by atoms with Crippen LogP contribution in [0.3, 0.4) is 0 Å². The summed E-state index contributed by atoms with van der Waals surface area (Å²) in [5, 5.41) is 3.68. The van der Waals surface area contributed by atoms with Gasteiger partial charge in [0.15, 0.2) is 0 Å². The van der Waals surface area contributed by atoms with E-state index in [0.29, 0.717) is 6.04 Å². The third-order valence-corrected chi connectivity index (χ3v) is 3.49. The lowest BCUT2D eigenvalue weighted by molar-refractivity contribution is 0.184. The summed E-state index contributed by atoms with van der Waals surface area (Å²) in [6, 6.07) is 0.695. The third-order valence-electron chi connectivity index (χ3n) is 3.49. The quantitative estimate of drug-likeness (QED) is 0.717. The fraction of sp³-hybridized carbons (Fsp3) is 1.00.